The lowest BCUT2D eigenvalue weighted by Gasteiger charge is -2.25. The van der Waals surface area contributed by atoms with E-state index in [1.807, 2.05) is 13.0 Å². The van der Waals surface area contributed by atoms with Gasteiger partial charge in [0.2, 0.25) is 0 Å². The number of hydrazine groups is 1. The maximum Gasteiger partial charge on any atom is 0.145 e. The molecule has 0 spiro atoms. The van der Waals surface area contributed by atoms with Crippen LogP contribution in [0, 0.1) is 6.92 Å². The molecule has 0 bridgehead atoms. The summed E-state index contributed by atoms with van der Waals surface area (Å²) in [6.07, 6.45) is 2.60. The highest BCUT2D eigenvalue weighted by molar-refractivity contribution is 5.48. The molecule has 0 aliphatic carbocycles. The summed E-state index contributed by atoms with van der Waals surface area (Å²) < 4.78 is 5.67. The van der Waals surface area contributed by atoms with Crippen LogP contribution in [0.5, 0.6) is 0 Å². The van der Waals surface area contributed by atoms with Crippen molar-refractivity contribution >= 4 is 11.6 Å². The molecule has 0 radical (unpaired) electrons. The van der Waals surface area contributed by atoms with Crippen LogP contribution in [0.2, 0.25) is 0 Å². The first-order valence-corrected chi connectivity index (χ1v) is 6.41. The zero-order valence-corrected chi connectivity index (χ0v) is 11.0. The van der Waals surface area contributed by atoms with Crippen molar-refractivity contribution < 1.29 is 4.74 Å². The Kier molecular flexibility index (Phi) is 4.33. The number of nitrogens with zero attached hydrogens (tertiary/aromatic N) is 3. The Hall–Kier alpha value is -1.40. The van der Waals surface area contributed by atoms with E-state index < -0.39 is 0 Å². The molecule has 1 aliphatic rings. The van der Waals surface area contributed by atoms with Crippen LogP contribution in [0.4, 0.5) is 11.6 Å². The minimum Gasteiger partial charge on any atom is -0.376 e. The van der Waals surface area contributed by atoms with Crippen LogP contribution in [0.1, 0.15) is 25.6 Å². The molecule has 1 saturated heterocycles. The molecule has 1 aromatic heterocycles. The molecule has 6 heteroatoms. The summed E-state index contributed by atoms with van der Waals surface area (Å²) in [6, 6.07) is 1.87. The van der Waals surface area contributed by atoms with E-state index in [4.69, 9.17) is 10.6 Å². The van der Waals surface area contributed by atoms with Crippen molar-refractivity contribution in [3.63, 3.8) is 0 Å². The van der Waals surface area contributed by atoms with Crippen LogP contribution in [-0.2, 0) is 4.74 Å². The van der Waals surface area contributed by atoms with Crippen molar-refractivity contribution in [1.29, 1.82) is 0 Å². The third-order valence-electron chi connectivity index (χ3n) is 3.13. The zero-order valence-electron chi connectivity index (χ0n) is 11.0. The minimum atomic E-state index is 0.314. The lowest BCUT2D eigenvalue weighted by atomic mass is 10.2. The molecule has 1 fully saturated rings. The Morgan fingerprint density at radius 1 is 1.56 bits per heavy atom. The van der Waals surface area contributed by atoms with E-state index >= 15 is 0 Å². The van der Waals surface area contributed by atoms with Crippen LogP contribution < -0.4 is 16.2 Å². The standard InChI is InChI=1S/C12H21N5O/c1-3-17(8-10-5-4-6-18-10)12-7-11(16-13)14-9(2)15-12/h7,10H,3-6,8,13H2,1-2H3,(H,14,15,16). The molecule has 6 nitrogen and oxygen atoms in total. The maximum atomic E-state index is 5.67. The van der Waals surface area contributed by atoms with Crippen molar-refractivity contribution in [2.45, 2.75) is 32.8 Å². The highest BCUT2D eigenvalue weighted by atomic mass is 16.5. The summed E-state index contributed by atoms with van der Waals surface area (Å²) in [5, 5.41) is 0. The number of hydrogen-bond acceptors (Lipinski definition) is 6. The number of nitrogens with one attached hydrogen (secondary N) is 1. The number of aromatic nitrogens is 2. The lowest BCUT2D eigenvalue weighted by Crippen LogP contribution is -2.33. The van der Waals surface area contributed by atoms with Gasteiger partial charge in [0.05, 0.1) is 6.10 Å². The van der Waals surface area contributed by atoms with Gasteiger partial charge in [0.1, 0.15) is 17.5 Å². The largest absolute Gasteiger partial charge is 0.376 e. The minimum absolute atomic E-state index is 0.314. The number of hydrogen-bond donors (Lipinski definition) is 2. The first-order valence-electron chi connectivity index (χ1n) is 6.41. The molecule has 1 unspecified atom stereocenters. The van der Waals surface area contributed by atoms with Gasteiger partial charge >= 0.3 is 0 Å². The fourth-order valence-electron chi connectivity index (χ4n) is 2.21. The van der Waals surface area contributed by atoms with Gasteiger partial charge < -0.3 is 15.1 Å². The smallest absolute Gasteiger partial charge is 0.145 e. The summed E-state index contributed by atoms with van der Waals surface area (Å²) in [5.74, 6) is 7.66. The quantitative estimate of drug-likeness (QED) is 0.602. The predicted octanol–water partition coefficient (Wildman–Crippen LogP) is 1.08. The summed E-state index contributed by atoms with van der Waals surface area (Å²) in [4.78, 5) is 10.9. The van der Waals surface area contributed by atoms with Crippen molar-refractivity contribution in [3.8, 4) is 0 Å². The first kappa shape index (κ1) is 13.0. The normalized spacial score (nSPS) is 18.9. The number of anilines is 2. The highest BCUT2D eigenvalue weighted by Gasteiger charge is 2.19. The predicted molar refractivity (Wildman–Crippen MR) is 71.4 cm³/mol. The molecule has 18 heavy (non-hydrogen) atoms. The second-order valence-corrected chi connectivity index (χ2v) is 4.48. The van der Waals surface area contributed by atoms with Crippen LogP contribution in [0.15, 0.2) is 6.07 Å². The molecular formula is C12H21N5O. The topological polar surface area (TPSA) is 76.3 Å². The third kappa shape index (κ3) is 3.08. The van der Waals surface area contributed by atoms with Gasteiger partial charge in [-0.25, -0.2) is 15.8 Å². The van der Waals surface area contributed by atoms with E-state index in [-0.39, 0.29) is 0 Å². The van der Waals surface area contributed by atoms with Gasteiger partial charge in [0.25, 0.3) is 0 Å². The Bertz CT molecular complexity index is 392. The third-order valence-corrected chi connectivity index (χ3v) is 3.13. The summed E-state index contributed by atoms with van der Waals surface area (Å²) in [5.41, 5.74) is 2.57. The van der Waals surface area contributed by atoms with E-state index in [1.54, 1.807) is 0 Å². The Morgan fingerprint density at radius 2 is 2.39 bits per heavy atom. The molecule has 0 aromatic carbocycles. The van der Waals surface area contributed by atoms with Crippen LogP contribution in [0.25, 0.3) is 0 Å². The molecule has 1 atom stereocenters. The van der Waals surface area contributed by atoms with E-state index in [0.717, 1.165) is 38.4 Å². The van der Waals surface area contributed by atoms with E-state index in [1.165, 1.54) is 0 Å². The maximum absolute atomic E-state index is 5.67. The van der Waals surface area contributed by atoms with Gasteiger partial charge in [-0.2, -0.15) is 0 Å². The molecule has 100 valence electrons. The van der Waals surface area contributed by atoms with Crippen LogP contribution in [-0.4, -0.2) is 35.8 Å². The number of ether oxygens (including phenoxy) is 1. The number of likely N-dealkylation sites (N-methyl/N-ethyl adjacent to an activating group) is 1. The van der Waals surface area contributed by atoms with Crippen molar-refractivity contribution in [1.82, 2.24) is 9.97 Å². The number of nitrogen functional groups attached to an aromatic ring is 1. The molecule has 1 aliphatic heterocycles. The Balaban J connectivity index is 2.12. The number of nitrogens with two attached hydrogens (primary N) is 1. The van der Waals surface area contributed by atoms with Gasteiger partial charge in [-0.15, -0.1) is 0 Å². The van der Waals surface area contributed by atoms with Crippen molar-refractivity contribution in [2.24, 2.45) is 5.84 Å². The molecule has 2 heterocycles. The molecule has 3 N–H and O–H groups in total. The van der Waals surface area contributed by atoms with E-state index in [0.29, 0.717) is 17.7 Å². The zero-order chi connectivity index (χ0) is 13.0. The first-order chi connectivity index (χ1) is 8.72. The fourth-order valence-corrected chi connectivity index (χ4v) is 2.21. The SMILES string of the molecule is CCN(CC1CCCO1)c1cc(NN)nc(C)n1. The van der Waals surface area contributed by atoms with Gasteiger partial charge in [-0.1, -0.05) is 0 Å². The van der Waals surface area contributed by atoms with Gasteiger partial charge in [0, 0.05) is 25.8 Å². The van der Waals surface area contributed by atoms with Crippen molar-refractivity contribution in [3.05, 3.63) is 11.9 Å². The average molecular weight is 251 g/mol. The Morgan fingerprint density at radius 3 is 3.00 bits per heavy atom. The second-order valence-electron chi connectivity index (χ2n) is 4.48. The average Bonchev–Trinajstić information content (AvgIpc) is 2.88. The van der Waals surface area contributed by atoms with Crippen molar-refractivity contribution in [2.75, 3.05) is 30.0 Å². The van der Waals surface area contributed by atoms with Crippen LogP contribution in [0.3, 0.4) is 0 Å². The highest BCUT2D eigenvalue weighted by Crippen LogP contribution is 2.19. The lowest BCUT2D eigenvalue weighted by molar-refractivity contribution is 0.115. The molecule has 0 saturated carbocycles. The number of aryl methyl sites for hydroxylation is 1. The van der Waals surface area contributed by atoms with Crippen LogP contribution >= 0.6 is 0 Å². The monoisotopic (exact) mass is 251 g/mol. The van der Waals surface area contributed by atoms with Gasteiger partial charge in [-0.05, 0) is 26.7 Å². The Labute approximate surface area is 108 Å². The molecular weight excluding hydrogens is 230 g/mol. The number of rotatable bonds is 5. The van der Waals surface area contributed by atoms with E-state index in [2.05, 4.69) is 27.2 Å². The van der Waals surface area contributed by atoms with Gasteiger partial charge in [-0.3, -0.25) is 0 Å². The summed E-state index contributed by atoms with van der Waals surface area (Å²) in [7, 11) is 0. The molecule has 1 aromatic rings. The summed E-state index contributed by atoms with van der Waals surface area (Å²) in [6.45, 7) is 6.62. The molecule has 0 amide bonds. The fraction of sp³-hybridized carbons (Fsp3) is 0.667. The van der Waals surface area contributed by atoms with Gasteiger partial charge in [0.15, 0.2) is 0 Å². The molecule has 2 rings (SSSR count). The van der Waals surface area contributed by atoms with E-state index in [9.17, 15) is 0 Å². The summed E-state index contributed by atoms with van der Waals surface area (Å²) >= 11 is 0. The second kappa shape index (κ2) is 5.97.